The van der Waals surface area contributed by atoms with Crippen LogP contribution in [0.4, 0.5) is 0 Å². The Balaban J connectivity index is 1.26. The van der Waals surface area contributed by atoms with Gasteiger partial charge in [-0.3, -0.25) is 14.6 Å². The van der Waals surface area contributed by atoms with E-state index < -0.39 is 0 Å². The SMILES string of the molecule is C[C@]12CCC[C@]3(CO3)[C@H]1C[C@H]1[C@@H](C2)OC(=O)[C@@H]1CN1CCN(CCO)CC1. The van der Waals surface area contributed by atoms with Crippen molar-refractivity contribution >= 4 is 5.97 Å². The summed E-state index contributed by atoms with van der Waals surface area (Å²) in [5, 5.41) is 9.11. The maximum atomic E-state index is 12.7. The van der Waals surface area contributed by atoms with Crippen LogP contribution in [-0.2, 0) is 14.3 Å². The Morgan fingerprint density at radius 3 is 2.63 bits per heavy atom. The number of epoxide rings is 1. The zero-order valence-electron chi connectivity index (χ0n) is 16.6. The molecule has 0 amide bonds. The minimum absolute atomic E-state index is 0.0293. The number of rotatable bonds is 4. The maximum Gasteiger partial charge on any atom is 0.310 e. The zero-order valence-corrected chi connectivity index (χ0v) is 16.6. The smallest absolute Gasteiger partial charge is 0.310 e. The van der Waals surface area contributed by atoms with Crippen molar-refractivity contribution < 1.29 is 19.4 Å². The summed E-state index contributed by atoms with van der Waals surface area (Å²) in [5.74, 6) is 1.03. The molecule has 0 aromatic heterocycles. The Morgan fingerprint density at radius 2 is 1.93 bits per heavy atom. The highest BCUT2D eigenvalue weighted by Gasteiger charge is 2.65. The number of carbonyl (C=O) groups is 1. The van der Waals surface area contributed by atoms with Crippen LogP contribution in [0.1, 0.15) is 39.0 Å². The first kappa shape index (κ1) is 18.3. The predicted octanol–water partition coefficient (Wildman–Crippen LogP) is 1.12. The molecule has 3 saturated heterocycles. The molecule has 1 spiro atoms. The van der Waals surface area contributed by atoms with Crippen LogP contribution in [0.15, 0.2) is 0 Å². The van der Waals surface area contributed by atoms with Gasteiger partial charge in [-0.15, -0.1) is 0 Å². The van der Waals surface area contributed by atoms with Gasteiger partial charge in [-0.2, -0.15) is 0 Å². The van der Waals surface area contributed by atoms with Crippen molar-refractivity contribution in [3.63, 3.8) is 0 Å². The third-order valence-corrected chi connectivity index (χ3v) is 8.42. The monoisotopic (exact) mass is 378 g/mol. The van der Waals surface area contributed by atoms with E-state index in [9.17, 15) is 4.79 Å². The second kappa shape index (κ2) is 6.68. The first-order chi connectivity index (χ1) is 13.0. The average Bonchev–Trinajstić information content (AvgIpc) is 3.34. The number of hydrogen-bond acceptors (Lipinski definition) is 6. The van der Waals surface area contributed by atoms with Gasteiger partial charge in [0.25, 0.3) is 0 Å². The molecule has 27 heavy (non-hydrogen) atoms. The lowest BCUT2D eigenvalue weighted by Gasteiger charge is -2.51. The highest BCUT2D eigenvalue weighted by atomic mass is 16.6. The van der Waals surface area contributed by atoms with E-state index in [-0.39, 0.29) is 35.6 Å². The zero-order chi connectivity index (χ0) is 18.6. The van der Waals surface area contributed by atoms with E-state index in [1.165, 1.54) is 19.3 Å². The molecule has 6 nitrogen and oxygen atoms in total. The normalized spacial score (nSPS) is 47.6. The first-order valence-corrected chi connectivity index (χ1v) is 10.9. The molecule has 2 aliphatic carbocycles. The molecule has 0 unspecified atom stereocenters. The van der Waals surface area contributed by atoms with Crippen molar-refractivity contribution in [3.8, 4) is 0 Å². The van der Waals surface area contributed by atoms with Gasteiger partial charge < -0.3 is 14.6 Å². The molecule has 0 aromatic carbocycles. The van der Waals surface area contributed by atoms with E-state index in [0.717, 1.165) is 58.7 Å². The van der Waals surface area contributed by atoms with E-state index in [2.05, 4.69) is 16.7 Å². The van der Waals surface area contributed by atoms with Crippen molar-refractivity contribution in [1.29, 1.82) is 0 Å². The van der Waals surface area contributed by atoms with Crippen LogP contribution in [0.5, 0.6) is 0 Å². The van der Waals surface area contributed by atoms with Crippen LogP contribution >= 0.6 is 0 Å². The van der Waals surface area contributed by atoms with E-state index in [1.54, 1.807) is 0 Å². The summed E-state index contributed by atoms with van der Waals surface area (Å²) in [6, 6.07) is 0. The van der Waals surface area contributed by atoms with Gasteiger partial charge in [0.1, 0.15) is 6.10 Å². The van der Waals surface area contributed by atoms with Crippen LogP contribution in [0.25, 0.3) is 0 Å². The summed E-state index contributed by atoms with van der Waals surface area (Å²) in [6.07, 6.45) is 5.95. The minimum atomic E-state index is 0.0293. The summed E-state index contributed by atoms with van der Waals surface area (Å²) in [6.45, 7) is 9.08. The summed E-state index contributed by atoms with van der Waals surface area (Å²) in [4.78, 5) is 17.5. The van der Waals surface area contributed by atoms with Crippen LogP contribution in [0.3, 0.4) is 0 Å². The van der Waals surface area contributed by atoms with E-state index >= 15 is 0 Å². The fourth-order valence-corrected chi connectivity index (χ4v) is 6.78. The lowest BCUT2D eigenvalue weighted by Crippen LogP contribution is -2.52. The summed E-state index contributed by atoms with van der Waals surface area (Å²) in [7, 11) is 0. The van der Waals surface area contributed by atoms with Crippen molar-refractivity contribution in [1.82, 2.24) is 9.80 Å². The summed E-state index contributed by atoms with van der Waals surface area (Å²) >= 11 is 0. The third-order valence-electron chi connectivity index (χ3n) is 8.42. The Kier molecular flexibility index (Phi) is 4.54. The Morgan fingerprint density at radius 1 is 1.19 bits per heavy atom. The van der Waals surface area contributed by atoms with Gasteiger partial charge in [-0.25, -0.2) is 0 Å². The number of esters is 1. The number of hydrogen-bond donors (Lipinski definition) is 1. The Bertz CT molecular complexity index is 587. The second-order valence-electron chi connectivity index (χ2n) is 9.96. The van der Waals surface area contributed by atoms with E-state index in [1.807, 2.05) is 0 Å². The summed E-state index contributed by atoms with van der Waals surface area (Å²) in [5.41, 5.74) is 0.408. The molecule has 5 fully saturated rings. The molecule has 6 heteroatoms. The molecule has 2 saturated carbocycles. The van der Waals surface area contributed by atoms with Gasteiger partial charge in [0.05, 0.1) is 24.7 Å². The Hall–Kier alpha value is -0.690. The molecule has 1 N–H and O–H groups in total. The number of carbonyl (C=O) groups excluding carboxylic acids is 1. The molecule has 5 aliphatic rings. The predicted molar refractivity (Wildman–Crippen MR) is 100 cm³/mol. The fraction of sp³-hybridized carbons (Fsp3) is 0.952. The highest BCUT2D eigenvalue weighted by molar-refractivity contribution is 5.75. The van der Waals surface area contributed by atoms with Gasteiger partial charge in [-0.05, 0) is 43.4 Å². The standard InChI is InChI=1S/C21H34N2O4/c1-20-3-2-4-21(14-26-21)18(20)11-15-16(19(25)27-17(15)12-20)13-23-7-5-22(6-8-23)9-10-24/h15-18,24H,2-14H2,1H3/t15-,16-,17-,18+,20-,21+/m1/s1. The second-order valence-corrected chi connectivity index (χ2v) is 9.96. The van der Waals surface area contributed by atoms with Crippen LogP contribution in [-0.4, -0.2) is 85.1 Å². The van der Waals surface area contributed by atoms with E-state index in [4.69, 9.17) is 14.6 Å². The van der Waals surface area contributed by atoms with Crippen molar-refractivity contribution in [2.24, 2.45) is 23.2 Å². The van der Waals surface area contributed by atoms with Crippen LogP contribution < -0.4 is 0 Å². The van der Waals surface area contributed by atoms with Gasteiger partial charge in [0.15, 0.2) is 0 Å². The number of aliphatic hydroxyl groups is 1. The van der Waals surface area contributed by atoms with Crippen molar-refractivity contribution in [3.05, 3.63) is 0 Å². The lowest BCUT2D eigenvalue weighted by atomic mass is 9.53. The molecule has 3 heterocycles. The molecule has 6 atom stereocenters. The molecule has 0 bridgehead atoms. The number of nitrogens with zero attached hydrogens (tertiary/aromatic N) is 2. The number of fused-ring (bicyclic) bond motifs is 3. The number of piperazine rings is 1. The number of β-amino-alcohol motifs (C(OH)–C–C–N with tert-alkyl or cyclic N) is 1. The van der Waals surface area contributed by atoms with Gasteiger partial charge in [0.2, 0.25) is 0 Å². The molecular weight excluding hydrogens is 344 g/mol. The van der Waals surface area contributed by atoms with Crippen molar-refractivity contribution in [2.75, 3.05) is 52.5 Å². The van der Waals surface area contributed by atoms with Gasteiger partial charge in [-0.1, -0.05) is 6.92 Å². The van der Waals surface area contributed by atoms with Gasteiger partial charge in [0, 0.05) is 45.2 Å². The van der Waals surface area contributed by atoms with Crippen LogP contribution in [0, 0.1) is 23.2 Å². The molecular formula is C21H34N2O4. The quantitative estimate of drug-likeness (QED) is 0.584. The fourth-order valence-electron chi connectivity index (χ4n) is 6.78. The molecule has 3 aliphatic heterocycles. The summed E-state index contributed by atoms with van der Waals surface area (Å²) < 4.78 is 11.9. The first-order valence-electron chi connectivity index (χ1n) is 10.9. The van der Waals surface area contributed by atoms with E-state index in [0.29, 0.717) is 11.8 Å². The van der Waals surface area contributed by atoms with Crippen molar-refractivity contribution in [2.45, 2.75) is 50.7 Å². The number of ether oxygens (including phenoxy) is 2. The highest BCUT2D eigenvalue weighted by Crippen LogP contribution is 2.62. The molecule has 5 rings (SSSR count). The largest absolute Gasteiger partial charge is 0.462 e. The topological polar surface area (TPSA) is 65.5 Å². The molecule has 152 valence electrons. The maximum absolute atomic E-state index is 12.7. The third kappa shape index (κ3) is 3.13. The lowest BCUT2D eigenvalue weighted by molar-refractivity contribution is -0.147. The molecule has 0 radical (unpaired) electrons. The number of aliphatic hydroxyl groups excluding tert-OH is 1. The average molecular weight is 379 g/mol. The van der Waals surface area contributed by atoms with Gasteiger partial charge >= 0.3 is 5.97 Å². The minimum Gasteiger partial charge on any atom is -0.462 e. The Labute approximate surface area is 162 Å². The van der Waals surface area contributed by atoms with Crippen LogP contribution in [0.2, 0.25) is 0 Å². The molecule has 0 aromatic rings.